The number of methoxy groups -OCH3 is 2. The first-order chi connectivity index (χ1) is 9.63. The van der Waals surface area contributed by atoms with Gasteiger partial charge >= 0.3 is 0 Å². The fourth-order valence-electron chi connectivity index (χ4n) is 2.44. The molecular weight excluding hydrogens is 256 g/mol. The van der Waals surface area contributed by atoms with E-state index in [1.54, 1.807) is 14.2 Å². The van der Waals surface area contributed by atoms with Crippen molar-refractivity contribution in [2.75, 3.05) is 33.9 Å². The lowest BCUT2D eigenvalue weighted by Crippen LogP contribution is -2.49. The number of nitrogens with zero attached hydrogens (tertiary/aromatic N) is 1. The van der Waals surface area contributed by atoms with E-state index < -0.39 is 0 Å². The zero-order chi connectivity index (χ0) is 14.5. The zero-order valence-electron chi connectivity index (χ0n) is 12.5. The molecule has 1 aromatic carbocycles. The lowest BCUT2D eigenvalue weighted by atomic mass is 10.1. The van der Waals surface area contributed by atoms with Crippen LogP contribution >= 0.6 is 0 Å². The normalized spacial score (nSPS) is 21.5. The van der Waals surface area contributed by atoms with Crippen molar-refractivity contribution in [2.45, 2.75) is 25.6 Å². The molecule has 2 rings (SSSR count). The summed E-state index contributed by atoms with van der Waals surface area (Å²) in [6.45, 7) is 5.27. The smallest absolute Gasteiger partial charge is 0.123 e. The van der Waals surface area contributed by atoms with Crippen LogP contribution in [0.1, 0.15) is 12.5 Å². The second-order valence-corrected chi connectivity index (χ2v) is 5.18. The minimum Gasteiger partial charge on any atom is -0.497 e. The maximum Gasteiger partial charge on any atom is 0.123 e. The van der Waals surface area contributed by atoms with Gasteiger partial charge in [0.15, 0.2) is 0 Å². The largest absolute Gasteiger partial charge is 0.497 e. The lowest BCUT2D eigenvalue weighted by molar-refractivity contribution is -0.0405. The summed E-state index contributed by atoms with van der Waals surface area (Å²) >= 11 is 0. The molecule has 1 saturated heterocycles. The summed E-state index contributed by atoms with van der Waals surface area (Å²) in [7, 11) is 3.36. The maximum atomic E-state index is 5.93. The van der Waals surface area contributed by atoms with E-state index in [2.05, 4.69) is 4.90 Å². The number of hydrogen-bond donors (Lipinski definition) is 1. The highest BCUT2D eigenvalue weighted by molar-refractivity contribution is 5.40. The Hall–Kier alpha value is -1.30. The molecule has 2 atom stereocenters. The maximum absolute atomic E-state index is 5.93. The Kier molecular flexibility index (Phi) is 5.23. The van der Waals surface area contributed by atoms with E-state index >= 15 is 0 Å². The van der Waals surface area contributed by atoms with E-state index in [-0.39, 0.29) is 12.1 Å². The Morgan fingerprint density at radius 2 is 2.20 bits per heavy atom. The molecule has 1 fully saturated rings. The van der Waals surface area contributed by atoms with Crippen LogP contribution in [0.25, 0.3) is 0 Å². The number of benzene rings is 1. The topological polar surface area (TPSA) is 57.0 Å². The summed E-state index contributed by atoms with van der Waals surface area (Å²) in [6.07, 6.45) is 0.0975. The van der Waals surface area contributed by atoms with Gasteiger partial charge in [-0.3, -0.25) is 4.90 Å². The second-order valence-electron chi connectivity index (χ2n) is 5.18. The molecule has 2 unspecified atom stereocenters. The van der Waals surface area contributed by atoms with Crippen LogP contribution < -0.4 is 15.2 Å². The van der Waals surface area contributed by atoms with Crippen molar-refractivity contribution in [1.82, 2.24) is 4.90 Å². The number of hydrogen-bond acceptors (Lipinski definition) is 5. The van der Waals surface area contributed by atoms with Crippen LogP contribution in [-0.4, -0.2) is 51.0 Å². The summed E-state index contributed by atoms with van der Waals surface area (Å²) in [5.74, 6) is 1.73. The Morgan fingerprint density at radius 1 is 1.40 bits per heavy atom. The van der Waals surface area contributed by atoms with Gasteiger partial charge < -0.3 is 19.9 Å². The van der Waals surface area contributed by atoms with Gasteiger partial charge in [0.2, 0.25) is 0 Å². The molecular formula is C15H24N2O3. The van der Waals surface area contributed by atoms with Crippen LogP contribution in [0, 0.1) is 0 Å². The number of morpholine rings is 1. The molecule has 5 heteroatoms. The second kappa shape index (κ2) is 6.92. The van der Waals surface area contributed by atoms with Gasteiger partial charge in [-0.2, -0.15) is 0 Å². The lowest BCUT2D eigenvalue weighted by Gasteiger charge is -2.35. The summed E-state index contributed by atoms with van der Waals surface area (Å²) in [4.78, 5) is 2.34. The zero-order valence-corrected chi connectivity index (χ0v) is 12.5. The molecule has 0 amide bonds. The highest BCUT2D eigenvalue weighted by atomic mass is 16.5. The fraction of sp³-hybridized carbons (Fsp3) is 0.600. The van der Waals surface area contributed by atoms with E-state index in [1.807, 2.05) is 25.1 Å². The molecule has 0 bridgehead atoms. The average molecular weight is 280 g/mol. The third-order valence-corrected chi connectivity index (χ3v) is 3.65. The first kappa shape index (κ1) is 15.1. The fourth-order valence-corrected chi connectivity index (χ4v) is 2.44. The molecule has 1 aromatic rings. The van der Waals surface area contributed by atoms with Gasteiger partial charge in [0.25, 0.3) is 0 Å². The van der Waals surface area contributed by atoms with Gasteiger partial charge in [0, 0.05) is 31.2 Å². The van der Waals surface area contributed by atoms with E-state index in [4.69, 9.17) is 19.9 Å². The molecule has 5 nitrogen and oxygen atoms in total. The van der Waals surface area contributed by atoms with Crippen LogP contribution in [-0.2, 0) is 11.3 Å². The Bertz CT molecular complexity index is 437. The van der Waals surface area contributed by atoms with Gasteiger partial charge in [-0.05, 0) is 25.1 Å². The van der Waals surface area contributed by atoms with Crippen molar-refractivity contribution in [2.24, 2.45) is 5.73 Å². The SMILES string of the molecule is COc1ccc(OC)c(CN2CCOC(C(C)N)C2)c1. The van der Waals surface area contributed by atoms with Gasteiger partial charge in [-0.1, -0.05) is 0 Å². The third-order valence-electron chi connectivity index (χ3n) is 3.65. The van der Waals surface area contributed by atoms with Crippen molar-refractivity contribution in [3.05, 3.63) is 23.8 Å². The molecule has 1 aliphatic rings. The third kappa shape index (κ3) is 3.62. The summed E-state index contributed by atoms with van der Waals surface area (Å²) in [5, 5.41) is 0. The van der Waals surface area contributed by atoms with Gasteiger partial charge in [0.05, 0.1) is 26.9 Å². The van der Waals surface area contributed by atoms with E-state index in [1.165, 1.54) is 0 Å². The highest BCUT2D eigenvalue weighted by Gasteiger charge is 2.24. The molecule has 0 spiro atoms. The van der Waals surface area contributed by atoms with Gasteiger partial charge in [0.1, 0.15) is 11.5 Å². The first-order valence-electron chi connectivity index (χ1n) is 6.94. The van der Waals surface area contributed by atoms with Crippen molar-refractivity contribution in [1.29, 1.82) is 0 Å². The Morgan fingerprint density at radius 3 is 2.85 bits per heavy atom. The molecule has 0 aliphatic carbocycles. The molecule has 1 heterocycles. The van der Waals surface area contributed by atoms with Crippen LogP contribution in [0.3, 0.4) is 0 Å². The molecule has 20 heavy (non-hydrogen) atoms. The number of ether oxygens (including phenoxy) is 3. The quantitative estimate of drug-likeness (QED) is 0.880. The predicted molar refractivity (Wildman–Crippen MR) is 78.2 cm³/mol. The highest BCUT2D eigenvalue weighted by Crippen LogP contribution is 2.26. The molecule has 0 saturated carbocycles. The molecule has 112 valence electrons. The van der Waals surface area contributed by atoms with Crippen molar-refractivity contribution < 1.29 is 14.2 Å². The molecule has 1 aliphatic heterocycles. The minimum absolute atomic E-state index is 0.0463. The first-order valence-corrected chi connectivity index (χ1v) is 6.94. The monoisotopic (exact) mass is 280 g/mol. The van der Waals surface area contributed by atoms with Crippen LogP contribution in [0.4, 0.5) is 0 Å². The summed E-state index contributed by atoms with van der Waals surface area (Å²) < 4.78 is 16.4. The predicted octanol–water partition coefficient (Wildman–Crippen LogP) is 1.25. The van der Waals surface area contributed by atoms with E-state index in [9.17, 15) is 0 Å². The standard InChI is InChI=1S/C15H24N2O3/c1-11(16)15-10-17(6-7-20-15)9-12-8-13(18-2)4-5-14(12)19-3/h4-5,8,11,15H,6-7,9-10,16H2,1-3H3. The van der Waals surface area contributed by atoms with E-state index in [0.29, 0.717) is 0 Å². The molecule has 0 aromatic heterocycles. The average Bonchev–Trinajstić information content (AvgIpc) is 2.47. The van der Waals surface area contributed by atoms with Crippen molar-refractivity contribution in [3.8, 4) is 11.5 Å². The number of nitrogens with two attached hydrogens (primary N) is 1. The van der Waals surface area contributed by atoms with Crippen LogP contribution in [0.2, 0.25) is 0 Å². The number of rotatable bonds is 5. The summed E-state index contributed by atoms with van der Waals surface area (Å²) in [5.41, 5.74) is 7.05. The minimum atomic E-state index is 0.0463. The Balaban J connectivity index is 2.08. The van der Waals surface area contributed by atoms with Crippen LogP contribution in [0.5, 0.6) is 11.5 Å². The van der Waals surface area contributed by atoms with Gasteiger partial charge in [-0.25, -0.2) is 0 Å². The summed E-state index contributed by atoms with van der Waals surface area (Å²) in [6, 6.07) is 5.92. The Labute approximate surface area is 120 Å². The van der Waals surface area contributed by atoms with Gasteiger partial charge in [-0.15, -0.1) is 0 Å². The van der Waals surface area contributed by atoms with Crippen molar-refractivity contribution >= 4 is 0 Å². The van der Waals surface area contributed by atoms with Crippen molar-refractivity contribution in [3.63, 3.8) is 0 Å². The molecule has 0 radical (unpaired) electrons. The van der Waals surface area contributed by atoms with E-state index in [0.717, 1.165) is 43.3 Å². The molecule has 2 N–H and O–H groups in total. The van der Waals surface area contributed by atoms with Crippen LogP contribution in [0.15, 0.2) is 18.2 Å².